The zero-order valence-electron chi connectivity index (χ0n) is 6.38. The van der Waals surface area contributed by atoms with Crippen molar-refractivity contribution >= 4 is 17.0 Å². The number of hydrogen-bond donors (Lipinski definition) is 0. The van der Waals surface area contributed by atoms with Gasteiger partial charge in [-0.1, -0.05) is 17.7 Å². The topological polar surface area (TPSA) is 21.6 Å². The maximum Gasteiger partial charge on any atom is 0.294 e. The van der Waals surface area contributed by atoms with Gasteiger partial charge in [0.2, 0.25) is 0 Å². The molecule has 0 saturated heterocycles. The van der Waals surface area contributed by atoms with E-state index in [4.69, 9.17) is 6.42 Å². The lowest BCUT2D eigenvalue weighted by molar-refractivity contribution is -0.0397. The number of hydrogen-bond acceptors (Lipinski definition) is 3. The SMILES string of the molecule is C#CCSC1=NC(C)(F)C(F)O1. The van der Waals surface area contributed by atoms with Crippen molar-refractivity contribution in [2.45, 2.75) is 19.1 Å². The van der Waals surface area contributed by atoms with Gasteiger partial charge in [-0.3, -0.25) is 0 Å². The first kappa shape index (κ1) is 9.33. The average Bonchev–Trinajstić information content (AvgIpc) is 2.22. The van der Waals surface area contributed by atoms with Crippen molar-refractivity contribution in [3.63, 3.8) is 0 Å². The summed E-state index contributed by atoms with van der Waals surface area (Å²) in [5.74, 6) is 0.320. The van der Waals surface area contributed by atoms with Crippen molar-refractivity contribution in [2.75, 3.05) is 5.75 Å². The van der Waals surface area contributed by atoms with E-state index in [-0.39, 0.29) is 5.23 Å². The second-order valence-corrected chi connectivity index (χ2v) is 3.25. The van der Waals surface area contributed by atoms with Crippen LogP contribution in [0.1, 0.15) is 6.92 Å². The van der Waals surface area contributed by atoms with E-state index >= 15 is 0 Å². The summed E-state index contributed by atoms with van der Waals surface area (Å²) >= 11 is 1.00. The van der Waals surface area contributed by atoms with Crippen LogP contribution in [-0.2, 0) is 4.74 Å². The largest absolute Gasteiger partial charge is 0.433 e. The Morgan fingerprint density at radius 3 is 3.00 bits per heavy atom. The smallest absolute Gasteiger partial charge is 0.294 e. The van der Waals surface area contributed by atoms with E-state index in [0.29, 0.717) is 5.75 Å². The maximum atomic E-state index is 12.9. The number of terminal acetylenes is 1. The maximum absolute atomic E-state index is 12.9. The lowest BCUT2D eigenvalue weighted by atomic mass is 10.3. The third-order valence-electron chi connectivity index (χ3n) is 1.21. The summed E-state index contributed by atoms with van der Waals surface area (Å²) in [5.41, 5.74) is 0. The Balaban J connectivity index is 2.55. The molecule has 0 aromatic heterocycles. The highest BCUT2D eigenvalue weighted by Gasteiger charge is 2.43. The first-order valence-electron chi connectivity index (χ1n) is 3.22. The van der Waals surface area contributed by atoms with Gasteiger partial charge in [0.25, 0.3) is 17.4 Å². The summed E-state index contributed by atoms with van der Waals surface area (Å²) < 4.78 is 30.0. The van der Waals surface area contributed by atoms with Crippen molar-refractivity contribution in [1.29, 1.82) is 0 Å². The second kappa shape index (κ2) is 3.31. The van der Waals surface area contributed by atoms with Gasteiger partial charge in [0.1, 0.15) is 0 Å². The lowest BCUT2D eigenvalue weighted by Gasteiger charge is -2.09. The van der Waals surface area contributed by atoms with Crippen LogP contribution in [0.2, 0.25) is 0 Å². The molecule has 0 fully saturated rings. The van der Waals surface area contributed by atoms with Crippen molar-refractivity contribution < 1.29 is 13.5 Å². The molecule has 0 saturated carbocycles. The minimum absolute atomic E-state index is 0.0227. The summed E-state index contributed by atoms with van der Waals surface area (Å²) in [6.45, 7) is 1.01. The van der Waals surface area contributed by atoms with Crippen LogP contribution in [0.3, 0.4) is 0 Å². The highest BCUT2D eigenvalue weighted by atomic mass is 32.2. The highest BCUT2D eigenvalue weighted by Crippen LogP contribution is 2.31. The van der Waals surface area contributed by atoms with Crippen LogP contribution in [0.25, 0.3) is 0 Å². The molecule has 5 heteroatoms. The Labute approximate surface area is 73.4 Å². The Morgan fingerprint density at radius 2 is 2.58 bits per heavy atom. The second-order valence-electron chi connectivity index (χ2n) is 2.33. The van der Waals surface area contributed by atoms with Crippen LogP contribution in [-0.4, -0.2) is 23.1 Å². The fraction of sp³-hybridized carbons (Fsp3) is 0.571. The Morgan fingerprint density at radius 1 is 1.92 bits per heavy atom. The van der Waals surface area contributed by atoms with Gasteiger partial charge < -0.3 is 4.74 Å². The molecule has 2 nitrogen and oxygen atoms in total. The fourth-order valence-corrected chi connectivity index (χ4v) is 1.22. The number of aliphatic imine (C=N–C) groups is 1. The molecule has 1 rings (SSSR count). The molecular formula is C7H7F2NOS. The van der Waals surface area contributed by atoms with Gasteiger partial charge in [-0.2, -0.15) is 9.38 Å². The van der Waals surface area contributed by atoms with Crippen LogP contribution in [0.4, 0.5) is 8.78 Å². The zero-order valence-corrected chi connectivity index (χ0v) is 7.20. The van der Waals surface area contributed by atoms with E-state index in [1.807, 2.05) is 0 Å². The molecule has 2 atom stereocenters. The third-order valence-corrected chi connectivity index (χ3v) is 1.95. The number of rotatable bonds is 1. The molecule has 66 valence electrons. The molecule has 1 heterocycles. The summed E-state index contributed by atoms with van der Waals surface area (Å²) in [6.07, 6.45) is 2.92. The normalized spacial score (nSPS) is 33.8. The summed E-state index contributed by atoms with van der Waals surface area (Å²) in [6, 6.07) is 0. The Hall–Kier alpha value is -0.760. The molecule has 0 aromatic rings. The van der Waals surface area contributed by atoms with Gasteiger partial charge in [0, 0.05) is 0 Å². The highest BCUT2D eigenvalue weighted by molar-refractivity contribution is 8.13. The monoisotopic (exact) mass is 191 g/mol. The van der Waals surface area contributed by atoms with Gasteiger partial charge in [-0.25, -0.2) is 4.39 Å². The van der Waals surface area contributed by atoms with Crippen molar-refractivity contribution in [2.24, 2.45) is 4.99 Å². The van der Waals surface area contributed by atoms with E-state index in [1.54, 1.807) is 0 Å². The number of halogens is 2. The predicted octanol–water partition coefficient (Wildman–Crippen LogP) is 1.72. The van der Waals surface area contributed by atoms with Crippen molar-refractivity contribution in [3.8, 4) is 12.3 Å². The standard InChI is InChI=1S/C7H7F2NOS/c1-3-4-12-6-10-7(2,9)5(8)11-6/h1,5H,4H2,2H3. The number of ether oxygens (including phenoxy) is 1. The van der Waals surface area contributed by atoms with Crippen LogP contribution in [0, 0.1) is 12.3 Å². The average molecular weight is 191 g/mol. The van der Waals surface area contributed by atoms with Crippen LogP contribution in [0.5, 0.6) is 0 Å². The van der Waals surface area contributed by atoms with Gasteiger partial charge in [0.15, 0.2) is 0 Å². The molecule has 0 N–H and O–H groups in total. The van der Waals surface area contributed by atoms with E-state index in [0.717, 1.165) is 18.7 Å². The zero-order chi connectivity index (χ0) is 9.19. The first-order valence-corrected chi connectivity index (χ1v) is 4.20. The Kier molecular flexibility index (Phi) is 2.58. The minimum Gasteiger partial charge on any atom is -0.433 e. The van der Waals surface area contributed by atoms with Crippen LogP contribution >= 0.6 is 11.8 Å². The van der Waals surface area contributed by atoms with Gasteiger partial charge >= 0.3 is 0 Å². The van der Waals surface area contributed by atoms with E-state index in [9.17, 15) is 8.78 Å². The molecule has 1 aliphatic heterocycles. The summed E-state index contributed by atoms with van der Waals surface area (Å²) in [4.78, 5) is 3.36. The Bertz CT molecular complexity index is 246. The summed E-state index contributed by atoms with van der Waals surface area (Å²) in [7, 11) is 0. The lowest BCUT2D eigenvalue weighted by Crippen LogP contribution is -2.25. The van der Waals surface area contributed by atoms with Crippen molar-refractivity contribution in [3.05, 3.63) is 0 Å². The first-order chi connectivity index (χ1) is 5.56. The molecule has 0 aromatic carbocycles. The molecule has 1 aliphatic rings. The molecule has 0 radical (unpaired) electrons. The fourth-order valence-electron chi connectivity index (χ4n) is 0.621. The van der Waals surface area contributed by atoms with Gasteiger partial charge in [-0.15, -0.1) is 6.42 Å². The predicted molar refractivity (Wildman–Crippen MR) is 44.2 cm³/mol. The molecule has 0 aliphatic carbocycles. The molecule has 0 amide bonds. The summed E-state index contributed by atoms with van der Waals surface area (Å²) in [5, 5.41) is -0.0227. The molecule has 0 bridgehead atoms. The molecule has 2 unspecified atom stereocenters. The van der Waals surface area contributed by atoms with Gasteiger partial charge in [0.05, 0.1) is 5.75 Å². The molecule has 12 heavy (non-hydrogen) atoms. The van der Waals surface area contributed by atoms with Gasteiger partial charge in [-0.05, 0) is 6.92 Å². The quantitative estimate of drug-likeness (QED) is 0.465. The number of thioether (sulfide) groups is 1. The third kappa shape index (κ3) is 1.89. The number of alkyl halides is 2. The van der Waals surface area contributed by atoms with Crippen LogP contribution in [0.15, 0.2) is 4.99 Å². The van der Waals surface area contributed by atoms with Crippen molar-refractivity contribution in [1.82, 2.24) is 0 Å². The molecular weight excluding hydrogens is 184 g/mol. The molecule has 0 spiro atoms. The number of nitrogens with zero attached hydrogens (tertiary/aromatic N) is 1. The minimum atomic E-state index is -2.27. The van der Waals surface area contributed by atoms with E-state index in [2.05, 4.69) is 15.6 Å². The van der Waals surface area contributed by atoms with Crippen LogP contribution < -0.4 is 0 Å². The van der Waals surface area contributed by atoms with E-state index in [1.165, 1.54) is 0 Å². The van der Waals surface area contributed by atoms with E-state index < -0.39 is 12.2 Å².